The summed E-state index contributed by atoms with van der Waals surface area (Å²) in [6.45, 7) is 3.51. The van der Waals surface area contributed by atoms with Gasteiger partial charge in [-0.2, -0.15) is 0 Å². The molecular weight excluding hydrogens is 232 g/mol. The molecule has 0 aromatic heterocycles. The Kier molecular flexibility index (Phi) is 4.08. The molecule has 2 aliphatic rings. The van der Waals surface area contributed by atoms with Crippen molar-refractivity contribution < 1.29 is 0 Å². The molecule has 0 spiro atoms. The van der Waals surface area contributed by atoms with E-state index in [1.807, 2.05) is 0 Å². The Hall–Kier alpha value is -0.570. The summed E-state index contributed by atoms with van der Waals surface area (Å²) in [7, 11) is 0. The SMILES string of the molecule is Cl.N[C@@H]1CN(CC2CC2)C[C@H]1c1ccccc1. The van der Waals surface area contributed by atoms with Crippen molar-refractivity contribution in [2.75, 3.05) is 19.6 Å². The van der Waals surface area contributed by atoms with E-state index in [2.05, 4.69) is 35.2 Å². The first-order valence-corrected chi connectivity index (χ1v) is 6.36. The molecule has 3 heteroatoms. The van der Waals surface area contributed by atoms with Gasteiger partial charge in [0.05, 0.1) is 0 Å². The fourth-order valence-corrected chi connectivity index (χ4v) is 2.78. The van der Waals surface area contributed by atoms with Gasteiger partial charge >= 0.3 is 0 Å². The van der Waals surface area contributed by atoms with Gasteiger partial charge in [-0.3, -0.25) is 0 Å². The molecule has 1 heterocycles. The highest BCUT2D eigenvalue weighted by Crippen LogP contribution is 2.33. The van der Waals surface area contributed by atoms with Crippen LogP contribution in [0, 0.1) is 5.92 Å². The van der Waals surface area contributed by atoms with Crippen LogP contribution in [0.5, 0.6) is 0 Å². The van der Waals surface area contributed by atoms with Crippen LogP contribution in [0.3, 0.4) is 0 Å². The van der Waals surface area contributed by atoms with Crippen molar-refractivity contribution in [3.8, 4) is 0 Å². The summed E-state index contributed by atoms with van der Waals surface area (Å²) in [6.07, 6.45) is 2.86. The van der Waals surface area contributed by atoms with Gasteiger partial charge in [-0.1, -0.05) is 30.3 Å². The Balaban J connectivity index is 0.00000108. The van der Waals surface area contributed by atoms with E-state index in [1.165, 1.54) is 24.9 Å². The molecule has 1 saturated carbocycles. The molecule has 17 heavy (non-hydrogen) atoms. The van der Waals surface area contributed by atoms with Gasteiger partial charge in [0.2, 0.25) is 0 Å². The molecule has 2 N–H and O–H groups in total. The summed E-state index contributed by atoms with van der Waals surface area (Å²) < 4.78 is 0. The summed E-state index contributed by atoms with van der Waals surface area (Å²) in [5, 5.41) is 0. The highest BCUT2D eigenvalue weighted by Gasteiger charge is 2.34. The number of nitrogens with zero attached hydrogens (tertiary/aromatic N) is 1. The molecule has 1 aliphatic heterocycles. The number of nitrogens with two attached hydrogens (primary N) is 1. The molecule has 0 bridgehead atoms. The lowest BCUT2D eigenvalue weighted by molar-refractivity contribution is 0.317. The Morgan fingerprint density at radius 2 is 1.82 bits per heavy atom. The van der Waals surface area contributed by atoms with E-state index in [4.69, 9.17) is 5.73 Å². The Labute approximate surface area is 110 Å². The third-order valence-corrected chi connectivity index (χ3v) is 3.88. The number of benzene rings is 1. The van der Waals surface area contributed by atoms with Crippen LogP contribution in [-0.2, 0) is 0 Å². The Morgan fingerprint density at radius 1 is 1.12 bits per heavy atom. The summed E-state index contributed by atoms with van der Waals surface area (Å²) in [5.74, 6) is 1.52. The maximum atomic E-state index is 6.26. The predicted octanol–water partition coefficient (Wildman–Crippen LogP) is 2.24. The quantitative estimate of drug-likeness (QED) is 0.894. The van der Waals surface area contributed by atoms with Gasteiger partial charge in [0.25, 0.3) is 0 Å². The van der Waals surface area contributed by atoms with Crippen LogP contribution in [-0.4, -0.2) is 30.6 Å². The predicted molar refractivity (Wildman–Crippen MR) is 73.6 cm³/mol. The van der Waals surface area contributed by atoms with Crippen molar-refractivity contribution in [1.29, 1.82) is 0 Å². The van der Waals surface area contributed by atoms with E-state index >= 15 is 0 Å². The number of hydrogen-bond acceptors (Lipinski definition) is 2. The number of hydrogen-bond donors (Lipinski definition) is 1. The number of likely N-dealkylation sites (tertiary alicyclic amines) is 1. The molecule has 94 valence electrons. The van der Waals surface area contributed by atoms with Crippen LogP contribution in [0.1, 0.15) is 24.3 Å². The molecule has 2 nitrogen and oxygen atoms in total. The lowest BCUT2D eigenvalue weighted by atomic mass is 9.95. The fraction of sp³-hybridized carbons (Fsp3) is 0.571. The van der Waals surface area contributed by atoms with E-state index in [0.29, 0.717) is 12.0 Å². The zero-order valence-electron chi connectivity index (χ0n) is 10.1. The van der Waals surface area contributed by atoms with Crippen molar-refractivity contribution in [2.24, 2.45) is 11.7 Å². The van der Waals surface area contributed by atoms with E-state index in [9.17, 15) is 0 Å². The maximum absolute atomic E-state index is 6.26. The fourth-order valence-electron chi connectivity index (χ4n) is 2.78. The Morgan fingerprint density at radius 3 is 2.47 bits per heavy atom. The van der Waals surface area contributed by atoms with Gasteiger partial charge in [0, 0.05) is 31.6 Å². The first kappa shape index (κ1) is 12.9. The monoisotopic (exact) mass is 252 g/mol. The van der Waals surface area contributed by atoms with Crippen molar-refractivity contribution in [3.05, 3.63) is 35.9 Å². The van der Waals surface area contributed by atoms with Crippen LogP contribution in [0.4, 0.5) is 0 Å². The summed E-state index contributed by atoms with van der Waals surface area (Å²) in [4.78, 5) is 2.56. The minimum Gasteiger partial charge on any atom is -0.326 e. The molecule has 1 saturated heterocycles. The molecule has 1 aliphatic carbocycles. The lowest BCUT2D eigenvalue weighted by Crippen LogP contribution is -2.29. The van der Waals surface area contributed by atoms with Gasteiger partial charge in [-0.05, 0) is 24.3 Å². The standard InChI is InChI=1S/C14H20N2.ClH/c15-14-10-16(8-11-6-7-11)9-13(14)12-4-2-1-3-5-12;/h1-5,11,13-14H,6-10,15H2;1H/t13-,14+;/m0./s1. The first-order valence-electron chi connectivity index (χ1n) is 6.36. The molecule has 0 amide bonds. The van der Waals surface area contributed by atoms with Crippen molar-refractivity contribution in [2.45, 2.75) is 24.8 Å². The highest BCUT2D eigenvalue weighted by atomic mass is 35.5. The average molecular weight is 253 g/mol. The summed E-state index contributed by atoms with van der Waals surface area (Å²) in [5.41, 5.74) is 7.67. The molecule has 2 atom stereocenters. The maximum Gasteiger partial charge on any atom is 0.0249 e. The largest absolute Gasteiger partial charge is 0.326 e. The molecule has 2 fully saturated rings. The number of rotatable bonds is 3. The van der Waals surface area contributed by atoms with Crippen molar-refractivity contribution >= 4 is 12.4 Å². The third kappa shape index (κ3) is 3.01. The average Bonchev–Trinajstić information content (AvgIpc) is 3.03. The smallest absolute Gasteiger partial charge is 0.0249 e. The summed E-state index contributed by atoms with van der Waals surface area (Å²) >= 11 is 0. The molecule has 1 aromatic rings. The third-order valence-electron chi connectivity index (χ3n) is 3.88. The van der Waals surface area contributed by atoms with Crippen molar-refractivity contribution in [1.82, 2.24) is 4.90 Å². The van der Waals surface area contributed by atoms with Gasteiger partial charge < -0.3 is 10.6 Å². The first-order chi connectivity index (χ1) is 7.83. The molecule has 0 radical (unpaired) electrons. The minimum absolute atomic E-state index is 0. The molecular formula is C14H21ClN2. The number of halogens is 1. The van der Waals surface area contributed by atoms with Crippen molar-refractivity contribution in [3.63, 3.8) is 0 Å². The van der Waals surface area contributed by atoms with Crippen LogP contribution in [0.2, 0.25) is 0 Å². The van der Waals surface area contributed by atoms with Gasteiger partial charge in [-0.15, -0.1) is 12.4 Å². The molecule has 3 rings (SSSR count). The zero-order valence-corrected chi connectivity index (χ0v) is 10.9. The van der Waals surface area contributed by atoms with Gasteiger partial charge in [-0.25, -0.2) is 0 Å². The molecule has 0 unspecified atom stereocenters. The van der Waals surface area contributed by atoms with E-state index in [-0.39, 0.29) is 12.4 Å². The van der Waals surface area contributed by atoms with Gasteiger partial charge in [0.1, 0.15) is 0 Å². The van der Waals surface area contributed by atoms with E-state index < -0.39 is 0 Å². The summed E-state index contributed by atoms with van der Waals surface area (Å²) in [6, 6.07) is 11.1. The van der Waals surface area contributed by atoms with Crippen LogP contribution >= 0.6 is 12.4 Å². The Bertz CT molecular complexity index is 350. The van der Waals surface area contributed by atoms with Crippen LogP contribution in [0.15, 0.2) is 30.3 Å². The van der Waals surface area contributed by atoms with Gasteiger partial charge in [0.15, 0.2) is 0 Å². The zero-order chi connectivity index (χ0) is 11.0. The van der Waals surface area contributed by atoms with Crippen LogP contribution in [0.25, 0.3) is 0 Å². The minimum atomic E-state index is 0. The lowest BCUT2D eigenvalue weighted by Gasteiger charge is -2.15. The highest BCUT2D eigenvalue weighted by molar-refractivity contribution is 5.85. The second kappa shape index (κ2) is 5.38. The van der Waals surface area contributed by atoms with E-state index in [1.54, 1.807) is 0 Å². The second-order valence-corrected chi connectivity index (χ2v) is 5.34. The topological polar surface area (TPSA) is 29.3 Å². The normalized spacial score (nSPS) is 29.0. The van der Waals surface area contributed by atoms with E-state index in [0.717, 1.165) is 19.0 Å². The molecule has 1 aromatic carbocycles. The second-order valence-electron chi connectivity index (χ2n) is 5.34. The van der Waals surface area contributed by atoms with Crippen LogP contribution < -0.4 is 5.73 Å².